The van der Waals surface area contributed by atoms with Crippen LogP contribution in [0.2, 0.25) is 0 Å². The maximum absolute atomic E-state index is 10.3. The minimum Gasteiger partial charge on any atom is -0.474 e. The molecule has 0 bridgehead atoms. The molecule has 1 N–H and O–H groups in total. The lowest BCUT2D eigenvalue weighted by molar-refractivity contribution is 0.141. The van der Waals surface area contributed by atoms with Gasteiger partial charge in [-0.2, -0.15) is 0 Å². The van der Waals surface area contributed by atoms with Gasteiger partial charge in [0.25, 0.3) is 0 Å². The van der Waals surface area contributed by atoms with E-state index in [0.717, 1.165) is 31.2 Å². The van der Waals surface area contributed by atoms with Crippen LogP contribution >= 0.6 is 0 Å². The van der Waals surface area contributed by atoms with E-state index in [1.807, 2.05) is 12.1 Å². The van der Waals surface area contributed by atoms with E-state index in [9.17, 15) is 5.11 Å². The van der Waals surface area contributed by atoms with Crippen molar-refractivity contribution in [2.24, 2.45) is 5.41 Å². The molecule has 0 amide bonds. The molecule has 3 heteroatoms. The molecule has 0 spiro atoms. The Morgan fingerprint density at radius 2 is 2.17 bits per heavy atom. The van der Waals surface area contributed by atoms with E-state index in [-0.39, 0.29) is 5.41 Å². The zero-order chi connectivity index (χ0) is 13.2. The molecule has 0 radical (unpaired) electrons. The maximum atomic E-state index is 10.3. The molecule has 1 fully saturated rings. The van der Waals surface area contributed by atoms with Gasteiger partial charge in [0.2, 0.25) is 5.88 Å². The Morgan fingerprint density at radius 1 is 1.44 bits per heavy atom. The molecule has 0 aliphatic heterocycles. The predicted octanol–water partition coefficient (Wildman–Crippen LogP) is 3.48. The Hall–Kier alpha value is -1.09. The molecule has 2 rings (SSSR count). The highest BCUT2D eigenvalue weighted by Gasteiger charge is 2.26. The summed E-state index contributed by atoms with van der Waals surface area (Å²) < 4.78 is 5.74. The molecule has 1 aliphatic carbocycles. The third-order valence-corrected chi connectivity index (χ3v) is 3.13. The van der Waals surface area contributed by atoms with Crippen molar-refractivity contribution < 1.29 is 9.84 Å². The summed E-state index contributed by atoms with van der Waals surface area (Å²) in [5, 5.41) is 10.3. The summed E-state index contributed by atoms with van der Waals surface area (Å²) in [4.78, 5) is 4.24. The molecule has 0 aromatic carbocycles. The number of nitrogens with zero attached hydrogens (tertiary/aromatic N) is 1. The molecular formula is C15H23NO2. The van der Waals surface area contributed by atoms with Gasteiger partial charge in [-0.15, -0.1) is 0 Å². The fourth-order valence-corrected chi connectivity index (χ4v) is 1.82. The summed E-state index contributed by atoms with van der Waals surface area (Å²) in [5.41, 5.74) is 1.06. The molecule has 100 valence electrons. The average molecular weight is 249 g/mol. The van der Waals surface area contributed by atoms with Gasteiger partial charge in [-0.1, -0.05) is 20.8 Å². The monoisotopic (exact) mass is 249 g/mol. The second kappa shape index (κ2) is 5.27. The van der Waals surface area contributed by atoms with Crippen LogP contribution in [0.5, 0.6) is 5.88 Å². The van der Waals surface area contributed by atoms with Gasteiger partial charge in [0, 0.05) is 11.8 Å². The Balaban J connectivity index is 2.01. The van der Waals surface area contributed by atoms with E-state index >= 15 is 0 Å². The molecule has 18 heavy (non-hydrogen) atoms. The molecule has 1 aliphatic rings. The van der Waals surface area contributed by atoms with Crippen LogP contribution in [-0.4, -0.2) is 16.2 Å². The van der Waals surface area contributed by atoms with Gasteiger partial charge in [-0.25, -0.2) is 4.98 Å². The van der Waals surface area contributed by atoms with Crippen LogP contribution in [0.1, 0.15) is 58.1 Å². The van der Waals surface area contributed by atoms with Gasteiger partial charge in [0.1, 0.15) is 6.10 Å². The van der Waals surface area contributed by atoms with E-state index in [1.165, 1.54) is 0 Å². The first-order chi connectivity index (χ1) is 8.46. The summed E-state index contributed by atoms with van der Waals surface area (Å²) in [6, 6.07) is 3.77. The van der Waals surface area contributed by atoms with E-state index in [1.54, 1.807) is 6.20 Å². The predicted molar refractivity (Wildman–Crippen MR) is 71.5 cm³/mol. The number of rotatable bonds is 5. The summed E-state index contributed by atoms with van der Waals surface area (Å²) >= 11 is 0. The minimum absolute atomic E-state index is 0.237. The Morgan fingerprint density at radius 3 is 2.78 bits per heavy atom. The molecule has 1 saturated carbocycles. The summed E-state index contributed by atoms with van der Waals surface area (Å²) in [6.45, 7) is 6.56. The number of aromatic nitrogens is 1. The van der Waals surface area contributed by atoms with Gasteiger partial charge >= 0.3 is 0 Å². The number of hydrogen-bond donors (Lipinski definition) is 1. The highest BCUT2D eigenvalue weighted by molar-refractivity contribution is 5.28. The second-order valence-corrected chi connectivity index (χ2v) is 6.33. The van der Waals surface area contributed by atoms with Crippen molar-refractivity contribution in [1.29, 1.82) is 0 Å². The molecule has 1 aromatic rings. The van der Waals surface area contributed by atoms with E-state index in [2.05, 4.69) is 25.8 Å². The Bertz CT molecular complexity index is 394. The van der Waals surface area contributed by atoms with Gasteiger partial charge in [-0.3, -0.25) is 0 Å². The van der Waals surface area contributed by atoms with E-state index in [0.29, 0.717) is 12.0 Å². The molecular weight excluding hydrogens is 226 g/mol. The SMILES string of the molecule is CC(C)(C)CC[C@H](O)c1cccnc1OC1CC1. The summed E-state index contributed by atoms with van der Waals surface area (Å²) in [5.74, 6) is 0.612. The lowest BCUT2D eigenvalue weighted by atomic mass is 9.88. The summed E-state index contributed by atoms with van der Waals surface area (Å²) in [6.07, 6.45) is 5.49. The van der Waals surface area contributed by atoms with E-state index < -0.39 is 6.10 Å². The van der Waals surface area contributed by atoms with Gasteiger partial charge in [-0.05, 0) is 43.2 Å². The minimum atomic E-state index is -0.480. The van der Waals surface area contributed by atoms with Gasteiger partial charge in [0.05, 0.1) is 6.10 Å². The van der Waals surface area contributed by atoms with E-state index in [4.69, 9.17) is 4.74 Å². The molecule has 0 saturated heterocycles. The van der Waals surface area contributed by atoms with Crippen molar-refractivity contribution in [1.82, 2.24) is 4.98 Å². The lowest BCUT2D eigenvalue weighted by Gasteiger charge is -2.21. The van der Waals surface area contributed by atoms with Crippen molar-refractivity contribution in [2.75, 3.05) is 0 Å². The number of ether oxygens (including phenoxy) is 1. The summed E-state index contributed by atoms with van der Waals surface area (Å²) in [7, 11) is 0. The fraction of sp³-hybridized carbons (Fsp3) is 0.667. The van der Waals surface area contributed by atoms with Crippen molar-refractivity contribution in [3.05, 3.63) is 23.9 Å². The molecule has 1 heterocycles. The standard InChI is InChI=1S/C15H23NO2/c1-15(2,3)9-8-13(17)12-5-4-10-16-14(12)18-11-6-7-11/h4-5,10-11,13,17H,6-9H2,1-3H3/t13-/m0/s1. The lowest BCUT2D eigenvalue weighted by Crippen LogP contribution is -2.10. The molecule has 1 atom stereocenters. The number of aliphatic hydroxyl groups is 1. The number of aliphatic hydroxyl groups excluding tert-OH is 1. The van der Waals surface area contributed by atoms with Crippen LogP contribution in [-0.2, 0) is 0 Å². The Kier molecular flexibility index (Phi) is 3.91. The quantitative estimate of drug-likeness (QED) is 0.868. The fourth-order valence-electron chi connectivity index (χ4n) is 1.82. The smallest absolute Gasteiger partial charge is 0.219 e. The topological polar surface area (TPSA) is 42.4 Å². The van der Waals surface area contributed by atoms with Crippen molar-refractivity contribution >= 4 is 0 Å². The maximum Gasteiger partial charge on any atom is 0.219 e. The third-order valence-electron chi connectivity index (χ3n) is 3.13. The van der Waals surface area contributed by atoms with Crippen LogP contribution in [0.15, 0.2) is 18.3 Å². The Labute approximate surface area is 109 Å². The van der Waals surface area contributed by atoms with Crippen molar-refractivity contribution in [3.8, 4) is 5.88 Å². The molecule has 1 aromatic heterocycles. The average Bonchev–Trinajstić information content (AvgIpc) is 3.10. The second-order valence-electron chi connectivity index (χ2n) is 6.33. The van der Waals surface area contributed by atoms with Gasteiger partial charge < -0.3 is 9.84 Å². The highest BCUT2D eigenvalue weighted by Crippen LogP contribution is 2.33. The van der Waals surface area contributed by atoms with Crippen molar-refractivity contribution in [2.45, 2.75) is 58.7 Å². The first-order valence-electron chi connectivity index (χ1n) is 6.75. The van der Waals surface area contributed by atoms with Crippen LogP contribution in [0.3, 0.4) is 0 Å². The van der Waals surface area contributed by atoms with Crippen molar-refractivity contribution in [3.63, 3.8) is 0 Å². The highest BCUT2D eigenvalue weighted by atomic mass is 16.5. The number of pyridine rings is 1. The van der Waals surface area contributed by atoms with Crippen LogP contribution in [0.4, 0.5) is 0 Å². The zero-order valence-electron chi connectivity index (χ0n) is 11.5. The third kappa shape index (κ3) is 3.98. The molecule has 0 unspecified atom stereocenters. The first kappa shape index (κ1) is 13.3. The number of hydrogen-bond acceptors (Lipinski definition) is 3. The van der Waals surface area contributed by atoms with Crippen LogP contribution < -0.4 is 4.74 Å². The largest absolute Gasteiger partial charge is 0.474 e. The molecule has 3 nitrogen and oxygen atoms in total. The normalized spacial score (nSPS) is 17.6. The zero-order valence-corrected chi connectivity index (χ0v) is 11.5. The van der Waals surface area contributed by atoms with Gasteiger partial charge in [0.15, 0.2) is 0 Å². The van der Waals surface area contributed by atoms with Crippen LogP contribution in [0.25, 0.3) is 0 Å². The first-order valence-corrected chi connectivity index (χ1v) is 6.75. The van der Waals surface area contributed by atoms with Crippen LogP contribution in [0, 0.1) is 5.41 Å².